The van der Waals surface area contributed by atoms with Crippen LogP contribution in [0.15, 0.2) is 48.5 Å². The molecule has 1 aliphatic carbocycles. The van der Waals surface area contributed by atoms with Gasteiger partial charge in [0.15, 0.2) is 0 Å². The predicted molar refractivity (Wildman–Crippen MR) is 118 cm³/mol. The fourth-order valence-corrected chi connectivity index (χ4v) is 5.22. The molecule has 1 N–H and O–H groups in total. The van der Waals surface area contributed by atoms with Gasteiger partial charge in [-0.25, -0.2) is 4.39 Å². The third-order valence-corrected chi connectivity index (χ3v) is 6.77. The van der Waals surface area contributed by atoms with Gasteiger partial charge in [-0.15, -0.1) is 11.3 Å². The van der Waals surface area contributed by atoms with Crippen LogP contribution in [-0.2, 0) is 30.7 Å². The number of hydrogen-bond donors (Lipinski definition) is 1. The minimum atomic E-state index is -0.771. The molecule has 1 heterocycles. The van der Waals surface area contributed by atoms with Crippen LogP contribution >= 0.6 is 11.3 Å². The maximum Gasteiger partial charge on any atom is 0.303 e. The third-order valence-electron chi connectivity index (χ3n) is 5.50. The van der Waals surface area contributed by atoms with Crippen LogP contribution in [0.2, 0.25) is 0 Å². The molecule has 2 aromatic carbocycles. The maximum absolute atomic E-state index is 13.9. The normalized spacial score (nSPS) is 13.1. The first-order valence-corrected chi connectivity index (χ1v) is 11.2. The van der Waals surface area contributed by atoms with Crippen LogP contribution in [0.5, 0.6) is 5.75 Å². The SMILES string of the molecule is O=C(O)CCCc1ccc(OCc2cc(F)ccc2-c2cc3c(s2)CCCC3)cc1. The summed E-state index contributed by atoms with van der Waals surface area (Å²) in [5, 5.41) is 8.74. The molecule has 0 radical (unpaired) electrons. The van der Waals surface area contributed by atoms with E-state index in [1.807, 2.05) is 41.7 Å². The largest absolute Gasteiger partial charge is 0.489 e. The molecule has 4 rings (SSSR count). The number of halogens is 1. The van der Waals surface area contributed by atoms with Gasteiger partial charge in [0.05, 0.1) is 0 Å². The van der Waals surface area contributed by atoms with Crippen molar-refractivity contribution >= 4 is 17.3 Å². The maximum atomic E-state index is 13.9. The van der Waals surface area contributed by atoms with Crippen LogP contribution < -0.4 is 4.74 Å². The Morgan fingerprint density at radius 3 is 2.63 bits per heavy atom. The zero-order chi connectivity index (χ0) is 20.9. The molecular formula is C25H25FO3S. The number of aliphatic carboxylic acids is 1. The van der Waals surface area contributed by atoms with Crippen molar-refractivity contribution < 1.29 is 19.0 Å². The topological polar surface area (TPSA) is 46.5 Å². The number of fused-ring (bicyclic) bond motifs is 1. The van der Waals surface area contributed by atoms with E-state index < -0.39 is 5.97 Å². The second kappa shape index (κ2) is 9.43. The molecular weight excluding hydrogens is 399 g/mol. The molecule has 0 saturated heterocycles. The highest BCUT2D eigenvalue weighted by molar-refractivity contribution is 7.15. The summed E-state index contributed by atoms with van der Waals surface area (Å²) < 4.78 is 19.9. The van der Waals surface area contributed by atoms with E-state index in [9.17, 15) is 9.18 Å². The Labute approximate surface area is 180 Å². The highest BCUT2D eigenvalue weighted by Gasteiger charge is 2.16. The van der Waals surface area contributed by atoms with Gasteiger partial charge in [-0.05, 0) is 85.5 Å². The van der Waals surface area contributed by atoms with Gasteiger partial charge in [-0.1, -0.05) is 18.2 Å². The summed E-state index contributed by atoms with van der Waals surface area (Å²) in [5.74, 6) is -0.308. The summed E-state index contributed by atoms with van der Waals surface area (Å²) in [5.41, 5.74) is 4.41. The molecule has 0 bridgehead atoms. The fraction of sp³-hybridized carbons (Fsp3) is 0.320. The minimum Gasteiger partial charge on any atom is -0.489 e. The number of aryl methyl sites for hydroxylation is 3. The van der Waals surface area contributed by atoms with E-state index in [2.05, 4.69) is 6.07 Å². The van der Waals surface area contributed by atoms with Crippen LogP contribution in [0.4, 0.5) is 4.39 Å². The Balaban J connectivity index is 1.45. The number of carbonyl (C=O) groups is 1. The first kappa shape index (κ1) is 20.6. The van der Waals surface area contributed by atoms with Crippen molar-refractivity contribution in [2.45, 2.75) is 51.6 Å². The van der Waals surface area contributed by atoms with Crippen LogP contribution in [0.25, 0.3) is 10.4 Å². The van der Waals surface area contributed by atoms with Gasteiger partial charge in [-0.2, -0.15) is 0 Å². The first-order valence-electron chi connectivity index (χ1n) is 10.4. The number of rotatable bonds is 8. The molecule has 0 saturated carbocycles. The van der Waals surface area contributed by atoms with Crippen LogP contribution in [0, 0.1) is 5.82 Å². The molecule has 0 aliphatic heterocycles. The molecule has 0 spiro atoms. The lowest BCUT2D eigenvalue weighted by atomic mass is 9.98. The smallest absolute Gasteiger partial charge is 0.303 e. The van der Waals surface area contributed by atoms with Crippen LogP contribution in [0.1, 0.15) is 47.3 Å². The highest BCUT2D eigenvalue weighted by atomic mass is 32.1. The van der Waals surface area contributed by atoms with Crippen molar-refractivity contribution in [3.8, 4) is 16.2 Å². The number of benzene rings is 2. The summed E-state index contributed by atoms with van der Waals surface area (Å²) >= 11 is 1.82. The highest BCUT2D eigenvalue weighted by Crippen LogP contribution is 2.37. The lowest BCUT2D eigenvalue weighted by Crippen LogP contribution is -1.99. The molecule has 3 nitrogen and oxygen atoms in total. The van der Waals surface area contributed by atoms with Gasteiger partial charge in [0.2, 0.25) is 0 Å². The van der Waals surface area contributed by atoms with Gasteiger partial charge in [0.1, 0.15) is 18.2 Å². The molecule has 1 aromatic heterocycles. The van der Waals surface area contributed by atoms with Crippen molar-refractivity contribution in [2.75, 3.05) is 0 Å². The van der Waals surface area contributed by atoms with Crippen LogP contribution in [0.3, 0.4) is 0 Å². The molecule has 0 unspecified atom stereocenters. The number of carboxylic acid groups (broad SMARTS) is 1. The first-order chi connectivity index (χ1) is 14.6. The van der Waals surface area contributed by atoms with Crippen molar-refractivity contribution in [3.63, 3.8) is 0 Å². The van der Waals surface area contributed by atoms with E-state index in [1.165, 1.54) is 34.2 Å². The fourth-order valence-electron chi connectivity index (χ4n) is 3.90. The molecule has 1 aliphatic rings. The van der Waals surface area contributed by atoms with Crippen molar-refractivity contribution in [2.24, 2.45) is 0 Å². The molecule has 0 atom stereocenters. The quantitative estimate of drug-likeness (QED) is 0.454. The molecule has 30 heavy (non-hydrogen) atoms. The van der Waals surface area contributed by atoms with E-state index >= 15 is 0 Å². The molecule has 0 amide bonds. The Bertz CT molecular complexity index is 1000. The predicted octanol–water partition coefficient (Wildman–Crippen LogP) is 6.42. The summed E-state index contributed by atoms with van der Waals surface area (Å²) in [6.45, 7) is 0.300. The number of hydrogen-bond acceptors (Lipinski definition) is 3. The zero-order valence-corrected chi connectivity index (χ0v) is 17.6. The Morgan fingerprint density at radius 2 is 1.87 bits per heavy atom. The van der Waals surface area contributed by atoms with E-state index in [0.29, 0.717) is 13.0 Å². The van der Waals surface area contributed by atoms with Crippen molar-refractivity contribution in [1.82, 2.24) is 0 Å². The van der Waals surface area contributed by atoms with Crippen molar-refractivity contribution in [3.05, 3.63) is 75.9 Å². The minimum absolute atomic E-state index is 0.173. The molecule has 5 heteroatoms. The monoisotopic (exact) mass is 424 g/mol. The number of carboxylic acids is 1. The van der Waals surface area contributed by atoms with E-state index in [4.69, 9.17) is 9.84 Å². The van der Waals surface area contributed by atoms with Gasteiger partial charge in [0.25, 0.3) is 0 Å². The summed E-state index contributed by atoms with van der Waals surface area (Å²) in [6.07, 6.45) is 6.29. The number of thiophene rings is 1. The second-order valence-corrected chi connectivity index (χ2v) is 8.88. The summed E-state index contributed by atoms with van der Waals surface area (Å²) in [7, 11) is 0. The molecule has 0 fully saturated rings. The Kier molecular flexibility index (Phi) is 6.48. The van der Waals surface area contributed by atoms with Crippen LogP contribution in [-0.4, -0.2) is 11.1 Å². The lowest BCUT2D eigenvalue weighted by Gasteiger charge is -2.11. The zero-order valence-electron chi connectivity index (χ0n) is 16.8. The standard InChI is InChI=1S/C25H25FO3S/c26-20-10-13-22(24-15-18-5-1-2-6-23(18)30-24)19(14-20)16-29-21-11-8-17(9-12-21)4-3-7-25(27)28/h8-15H,1-7,16H2,(H,27,28). The van der Waals surface area contributed by atoms with E-state index in [1.54, 1.807) is 6.07 Å². The average molecular weight is 425 g/mol. The second-order valence-electron chi connectivity index (χ2n) is 7.75. The van der Waals surface area contributed by atoms with E-state index in [0.717, 1.165) is 41.7 Å². The Morgan fingerprint density at radius 1 is 1.07 bits per heavy atom. The van der Waals surface area contributed by atoms with Crippen molar-refractivity contribution in [1.29, 1.82) is 0 Å². The van der Waals surface area contributed by atoms with Gasteiger partial charge >= 0.3 is 5.97 Å². The van der Waals surface area contributed by atoms with Gasteiger partial charge < -0.3 is 9.84 Å². The third kappa shape index (κ3) is 5.08. The Hall–Kier alpha value is -2.66. The van der Waals surface area contributed by atoms with Gasteiger partial charge in [-0.3, -0.25) is 4.79 Å². The molecule has 3 aromatic rings. The van der Waals surface area contributed by atoms with Gasteiger partial charge in [0, 0.05) is 21.7 Å². The number of ether oxygens (including phenoxy) is 1. The van der Waals surface area contributed by atoms with E-state index in [-0.39, 0.29) is 12.2 Å². The molecule has 156 valence electrons. The summed E-state index contributed by atoms with van der Waals surface area (Å²) in [6, 6.07) is 14.9. The summed E-state index contributed by atoms with van der Waals surface area (Å²) in [4.78, 5) is 13.3. The lowest BCUT2D eigenvalue weighted by molar-refractivity contribution is -0.137. The average Bonchev–Trinajstić information content (AvgIpc) is 3.17.